The number of hydrazine groups is 1. The van der Waals surface area contributed by atoms with E-state index in [1.807, 2.05) is 0 Å². The van der Waals surface area contributed by atoms with E-state index in [2.05, 4.69) is 5.43 Å². The van der Waals surface area contributed by atoms with Gasteiger partial charge in [-0.15, -0.1) is 0 Å². The van der Waals surface area contributed by atoms with Crippen molar-refractivity contribution >= 4 is 57.8 Å². The predicted octanol–water partition coefficient (Wildman–Crippen LogP) is 2.84. The van der Waals surface area contributed by atoms with Crippen LogP contribution in [-0.4, -0.2) is 37.1 Å². The number of aromatic carboxylic acids is 1. The van der Waals surface area contributed by atoms with Crippen molar-refractivity contribution in [2.45, 2.75) is 0 Å². The number of rotatable bonds is 5. The fourth-order valence-corrected chi connectivity index (χ4v) is 3.68. The highest BCUT2D eigenvalue weighted by molar-refractivity contribution is 8.26. The molecule has 0 aliphatic carbocycles. The first kappa shape index (κ1) is 20.2. The molecule has 3 rings (SSSR count). The largest absolute Gasteiger partial charge is 0.478 e. The third-order valence-electron chi connectivity index (χ3n) is 3.83. The minimum Gasteiger partial charge on any atom is -0.478 e. The van der Waals surface area contributed by atoms with Crippen LogP contribution in [0.25, 0.3) is 6.08 Å². The maximum atomic E-state index is 12.6. The molecular formula is C18H11N3O6S2. The number of carboxylic acid groups (broad SMARTS) is 1. The van der Waals surface area contributed by atoms with E-state index in [0.29, 0.717) is 5.56 Å². The summed E-state index contributed by atoms with van der Waals surface area (Å²) in [6.45, 7) is 0. The molecule has 1 saturated heterocycles. The number of carbonyl (C=O) groups excluding carboxylic acids is 2. The Morgan fingerprint density at radius 1 is 1.14 bits per heavy atom. The van der Waals surface area contributed by atoms with Crippen LogP contribution in [0.4, 0.5) is 5.69 Å². The van der Waals surface area contributed by atoms with Crippen LogP contribution in [0.2, 0.25) is 0 Å². The van der Waals surface area contributed by atoms with Gasteiger partial charge >= 0.3 is 5.97 Å². The average Bonchev–Trinajstić information content (AvgIpc) is 2.95. The van der Waals surface area contributed by atoms with Crippen molar-refractivity contribution in [2.24, 2.45) is 0 Å². The predicted molar refractivity (Wildman–Crippen MR) is 109 cm³/mol. The SMILES string of the molecule is O=C(O)c1ccccc1/C=C1/SC(=S)N(NC(=O)c2ccccc2[N+](=O)[O-])C1=O. The first-order valence-corrected chi connectivity index (χ1v) is 9.16. The lowest BCUT2D eigenvalue weighted by Gasteiger charge is -2.15. The van der Waals surface area contributed by atoms with Crippen LogP contribution in [0.15, 0.2) is 53.4 Å². The van der Waals surface area contributed by atoms with Gasteiger partial charge in [-0.25, -0.2) is 4.79 Å². The Balaban J connectivity index is 1.86. The van der Waals surface area contributed by atoms with Crippen molar-refractivity contribution in [3.05, 3.63) is 80.2 Å². The molecule has 0 atom stereocenters. The molecule has 0 unspecified atom stereocenters. The summed E-state index contributed by atoms with van der Waals surface area (Å²) in [5, 5.41) is 21.1. The molecule has 0 aromatic heterocycles. The lowest BCUT2D eigenvalue weighted by Crippen LogP contribution is -2.45. The van der Waals surface area contributed by atoms with Crippen LogP contribution < -0.4 is 5.43 Å². The number of amides is 2. The molecule has 1 aliphatic heterocycles. The lowest BCUT2D eigenvalue weighted by molar-refractivity contribution is -0.385. The number of carboxylic acids is 1. The van der Waals surface area contributed by atoms with E-state index in [4.69, 9.17) is 12.2 Å². The van der Waals surface area contributed by atoms with Gasteiger partial charge in [0.15, 0.2) is 4.32 Å². The van der Waals surface area contributed by atoms with Gasteiger partial charge in [-0.1, -0.05) is 42.1 Å². The van der Waals surface area contributed by atoms with E-state index >= 15 is 0 Å². The number of hydrogen-bond acceptors (Lipinski definition) is 7. The number of benzene rings is 2. The zero-order chi connectivity index (χ0) is 21.1. The highest BCUT2D eigenvalue weighted by Gasteiger charge is 2.35. The van der Waals surface area contributed by atoms with Gasteiger partial charge in [-0.3, -0.25) is 25.1 Å². The van der Waals surface area contributed by atoms with Gasteiger partial charge in [0.2, 0.25) is 0 Å². The Labute approximate surface area is 173 Å². The van der Waals surface area contributed by atoms with E-state index < -0.39 is 28.4 Å². The van der Waals surface area contributed by atoms with Gasteiger partial charge in [0.25, 0.3) is 17.5 Å². The number of thiocarbonyl (C=S) groups is 1. The fraction of sp³-hybridized carbons (Fsp3) is 0. The quantitative estimate of drug-likeness (QED) is 0.321. The molecule has 11 heteroatoms. The third kappa shape index (κ3) is 4.15. The smallest absolute Gasteiger partial charge is 0.336 e. The molecule has 9 nitrogen and oxygen atoms in total. The molecule has 1 aliphatic rings. The Morgan fingerprint density at radius 3 is 2.41 bits per heavy atom. The van der Waals surface area contributed by atoms with Gasteiger partial charge < -0.3 is 5.11 Å². The molecule has 0 saturated carbocycles. The number of para-hydroxylation sites is 1. The van der Waals surface area contributed by atoms with Crippen molar-refractivity contribution in [1.82, 2.24) is 10.4 Å². The van der Waals surface area contributed by atoms with Crippen molar-refractivity contribution in [3.63, 3.8) is 0 Å². The van der Waals surface area contributed by atoms with E-state index in [-0.39, 0.29) is 20.4 Å². The highest BCUT2D eigenvalue weighted by atomic mass is 32.2. The number of nitrogens with zero attached hydrogens (tertiary/aromatic N) is 2. The summed E-state index contributed by atoms with van der Waals surface area (Å²) in [5.74, 6) is -2.70. The number of nitro groups is 1. The molecule has 1 heterocycles. The van der Waals surface area contributed by atoms with Gasteiger partial charge in [0.1, 0.15) is 5.56 Å². The molecule has 2 aromatic carbocycles. The summed E-state index contributed by atoms with van der Waals surface area (Å²) in [7, 11) is 0. The molecule has 0 spiro atoms. The number of nitrogens with one attached hydrogen (secondary N) is 1. The van der Waals surface area contributed by atoms with Crippen molar-refractivity contribution in [1.29, 1.82) is 0 Å². The van der Waals surface area contributed by atoms with Gasteiger partial charge in [0, 0.05) is 6.07 Å². The average molecular weight is 429 g/mol. The van der Waals surface area contributed by atoms with Crippen molar-refractivity contribution < 1.29 is 24.4 Å². The van der Waals surface area contributed by atoms with Gasteiger partial charge in [-0.05, 0) is 36.0 Å². The first-order chi connectivity index (χ1) is 13.8. The summed E-state index contributed by atoms with van der Waals surface area (Å²) in [6, 6.07) is 11.4. The number of carbonyl (C=O) groups is 3. The topological polar surface area (TPSA) is 130 Å². The second-order valence-electron chi connectivity index (χ2n) is 5.62. The number of nitro benzene ring substituents is 1. The molecule has 1 fully saturated rings. The Morgan fingerprint density at radius 2 is 1.76 bits per heavy atom. The van der Waals surface area contributed by atoms with Crippen LogP contribution in [0.1, 0.15) is 26.3 Å². The normalized spacial score (nSPS) is 14.9. The van der Waals surface area contributed by atoms with E-state index in [0.717, 1.165) is 16.8 Å². The van der Waals surface area contributed by atoms with Crippen LogP contribution in [0.5, 0.6) is 0 Å². The minimum absolute atomic E-state index is 0.000917. The lowest BCUT2D eigenvalue weighted by atomic mass is 10.1. The van der Waals surface area contributed by atoms with E-state index in [1.54, 1.807) is 12.1 Å². The first-order valence-electron chi connectivity index (χ1n) is 7.94. The second-order valence-corrected chi connectivity index (χ2v) is 7.30. The molecule has 2 amide bonds. The van der Waals surface area contributed by atoms with Crippen molar-refractivity contribution in [3.8, 4) is 0 Å². The summed E-state index contributed by atoms with van der Waals surface area (Å²) >= 11 is 5.98. The zero-order valence-corrected chi connectivity index (χ0v) is 16.0. The molecule has 2 N–H and O–H groups in total. The summed E-state index contributed by atoms with van der Waals surface area (Å²) in [5.41, 5.74) is 1.92. The minimum atomic E-state index is -1.16. The maximum Gasteiger partial charge on any atom is 0.336 e. The number of thioether (sulfide) groups is 1. The van der Waals surface area contributed by atoms with Crippen LogP contribution in [0.3, 0.4) is 0 Å². The summed E-state index contributed by atoms with van der Waals surface area (Å²) in [6.07, 6.45) is 1.36. The van der Waals surface area contributed by atoms with Crippen LogP contribution >= 0.6 is 24.0 Å². The van der Waals surface area contributed by atoms with Gasteiger partial charge in [0.05, 0.1) is 15.4 Å². The highest BCUT2D eigenvalue weighted by Crippen LogP contribution is 2.32. The van der Waals surface area contributed by atoms with E-state index in [9.17, 15) is 29.6 Å². The second kappa shape index (κ2) is 8.20. The molecule has 29 heavy (non-hydrogen) atoms. The van der Waals surface area contributed by atoms with E-state index in [1.165, 1.54) is 42.5 Å². The number of hydrogen-bond donors (Lipinski definition) is 2. The monoisotopic (exact) mass is 429 g/mol. The molecular weight excluding hydrogens is 418 g/mol. The van der Waals surface area contributed by atoms with Gasteiger partial charge in [-0.2, -0.15) is 5.01 Å². The van der Waals surface area contributed by atoms with Crippen LogP contribution in [-0.2, 0) is 4.79 Å². The maximum absolute atomic E-state index is 12.6. The van der Waals surface area contributed by atoms with Crippen molar-refractivity contribution in [2.75, 3.05) is 0 Å². The Kier molecular flexibility index (Phi) is 5.71. The zero-order valence-electron chi connectivity index (χ0n) is 14.4. The molecule has 0 bridgehead atoms. The summed E-state index contributed by atoms with van der Waals surface area (Å²) in [4.78, 5) is 46.9. The fourth-order valence-electron chi connectivity index (χ4n) is 2.51. The van der Waals surface area contributed by atoms with Crippen LogP contribution in [0, 0.1) is 10.1 Å². The molecule has 146 valence electrons. The standard InChI is InChI=1S/C18H11N3O6S2/c22-15(12-7-3-4-8-13(12)21(26)27)19-20-16(23)14(29-18(20)28)9-10-5-1-2-6-11(10)17(24)25/h1-9H,(H,19,22)(H,24,25)/b14-9+. The Hall–Kier alpha value is -3.57. The molecule has 0 radical (unpaired) electrons. The third-order valence-corrected chi connectivity index (χ3v) is 5.13. The summed E-state index contributed by atoms with van der Waals surface area (Å²) < 4.78 is 0.000917. The Bertz CT molecular complexity index is 1100. The molecule has 2 aromatic rings.